The molecule has 0 radical (unpaired) electrons. The summed E-state index contributed by atoms with van der Waals surface area (Å²) < 4.78 is 14.5. The molecule has 0 atom stereocenters. The predicted octanol–water partition coefficient (Wildman–Crippen LogP) is 6.51. The molecule has 0 aliphatic heterocycles. The van der Waals surface area contributed by atoms with Crippen LogP contribution in [-0.2, 0) is 11.8 Å². The Balaban J connectivity index is 2.45. The fourth-order valence-corrected chi connectivity index (χ4v) is 4.80. The minimum Gasteiger partial charge on any atom is -0.207 e. The van der Waals surface area contributed by atoms with Crippen LogP contribution in [0.2, 0.25) is 5.02 Å². The fraction of sp³-hybridized carbons (Fsp3) is 0.250. The van der Waals surface area contributed by atoms with Crippen molar-refractivity contribution in [1.82, 2.24) is 0 Å². The Morgan fingerprint density at radius 3 is 2.38 bits per heavy atom. The van der Waals surface area contributed by atoms with E-state index in [9.17, 15) is 4.39 Å². The fourth-order valence-electron chi connectivity index (χ4n) is 2.25. The Morgan fingerprint density at radius 2 is 1.76 bits per heavy atom. The molecule has 0 unspecified atom stereocenters. The second-order valence-electron chi connectivity index (χ2n) is 4.97. The minimum atomic E-state index is -0.262. The van der Waals surface area contributed by atoms with E-state index in [1.807, 2.05) is 12.1 Å². The van der Waals surface area contributed by atoms with Crippen molar-refractivity contribution in [3.05, 3.63) is 68.9 Å². The van der Waals surface area contributed by atoms with Crippen molar-refractivity contribution in [2.45, 2.75) is 11.8 Å². The largest absolute Gasteiger partial charge is 0.207 e. The molecule has 2 aromatic carbocycles. The highest BCUT2D eigenvalue weighted by atomic mass is 79.9. The number of hydrogen-bond donors (Lipinski definition) is 0. The minimum absolute atomic E-state index is 0.193. The maximum Gasteiger partial charge on any atom is 0.123 e. The molecule has 112 valence electrons. The van der Waals surface area contributed by atoms with Gasteiger partial charge in [-0.3, -0.25) is 0 Å². The molecular formula is C16H13Br3ClF. The van der Waals surface area contributed by atoms with Crippen molar-refractivity contribution in [2.24, 2.45) is 0 Å². The summed E-state index contributed by atoms with van der Waals surface area (Å²) >= 11 is 17.0. The van der Waals surface area contributed by atoms with Gasteiger partial charge >= 0.3 is 0 Å². The van der Waals surface area contributed by atoms with Crippen LogP contribution in [0.1, 0.15) is 11.1 Å². The van der Waals surface area contributed by atoms with E-state index in [1.165, 1.54) is 17.7 Å². The van der Waals surface area contributed by atoms with E-state index in [1.54, 1.807) is 6.07 Å². The van der Waals surface area contributed by atoms with Gasteiger partial charge in [-0.2, -0.15) is 0 Å². The maximum atomic E-state index is 13.5. The lowest BCUT2D eigenvalue weighted by Gasteiger charge is -2.31. The summed E-state index contributed by atoms with van der Waals surface area (Å²) in [6, 6.07) is 12.7. The van der Waals surface area contributed by atoms with Crippen LogP contribution in [0.4, 0.5) is 4.39 Å². The highest BCUT2D eigenvalue weighted by Gasteiger charge is 2.31. The van der Waals surface area contributed by atoms with Crippen molar-refractivity contribution in [2.75, 3.05) is 10.7 Å². The van der Waals surface area contributed by atoms with Crippen LogP contribution in [0.5, 0.6) is 0 Å². The summed E-state index contributed by atoms with van der Waals surface area (Å²) in [4.78, 5) is 0. The molecule has 0 aromatic heterocycles. The summed E-state index contributed by atoms with van der Waals surface area (Å²) in [6.45, 7) is 0. The molecule has 0 saturated carbocycles. The first kappa shape index (κ1) is 17.5. The smallest absolute Gasteiger partial charge is 0.123 e. The molecule has 21 heavy (non-hydrogen) atoms. The number of benzene rings is 2. The molecule has 0 nitrogen and oxygen atoms in total. The van der Waals surface area contributed by atoms with Gasteiger partial charge in [0.2, 0.25) is 0 Å². The van der Waals surface area contributed by atoms with E-state index < -0.39 is 0 Å². The number of hydrogen-bond acceptors (Lipinski definition) is 0. The Hall–Kier alpha value is 0.1000. The molecule has 0 saturated heterocycles. The third-order valence-electron chi connectivity index (χ3n) is 3.49. The molecule has 0 spiro atoms. The lowest BCUT2D eigenvalue weighted by molar-refractivity contribution is 0.546. The van der Waals surface area contributed by atoms with Gasteiger partial charge in [0.25, 0.3) is 0 Å². The number of halogens is 5. The first-order chi connectivity index (χ1) is 10.0. The van der Waals surface area contributed by atoms with Gasteiger partial charge in [-0.25, -0.2) is 4.39 Å². The van der Waals surface area contributed by atoms with Gasteiger partial charge in [0.1, 0.15) is 5.82 Å². The lowest BCUT2D eigenvalue weighted by atomic mass is 9.79. The molecule has 0 N–H and O–H groups in total. The number of alkyl halides is 2. The average Bonchev–Trinajstić information content (AvgIpc) is 2.48. The van der Waals surface area contributed by atoms with Crippen molar-refractivity contribution >= 4 is 59.4 Å². The summed E-state index contributed by atoms with van der Waals surface area (Å²) in [6.07, 6.45) is 0.649. The third-order valence-corrected chi connectivity index (χ3v) is 6.49. The molecule has 0 aliphatic carbocycles. The average molecular weight is 499 g/mol. The Kier molecular flexibility index (Phi) is 6.30. The molecule has 2 rings (SSSR count). The van der Waals surface area contributed by atoms with Gasteiger partial charge in [0, 0.05) is 25.6 Å². The standard InChI is InChI=1S/C16H13Br3ClF/c17-9-16(10-18,12-2-1-3-13(19)7-12)8-11-6-14(21)4-5-15(11)20/h1-7H,8-10H2. The monoisotopic (exact) mass is 496 g/mol. The first-order valence-corrected chi connectivity index (χ1v) is 9.74. The van der Waals surface area contributed by atoms with Gasteiger partial charge in [-0.05, 0) is 47.9 Å². The van der Waals surface area contributed by atoms with Crippen LogP contribution in [-0.4, -0.2) is 10.7 Å². The molecule has 2 aromatic rings. The lowest BCUT2D eigenvalue weighted by Crippen LogP contribution is -2.33. The molecule has 0 amide bonds. The van der Waals surface area contributed by atoms with Gasteiger partial charge < -0.3 is 0 Å². The van der Waals surface area contributed by atoms with Crippen LogP contribution in [0.25, 0.3) is 0 Å². The van der Waals surface area contributed by atoms with Gasteiger partial charge in [0.15, 0.2) is 0 Å². The molecule has 0 fully saturated rings. The molecule has 5 heteroatoms. The van der Waals surface area contributed by atoms with Gasteiger partial charge in [-0.1, -0.05) is 71.5 Å². The first-order valence-electron chi connectivity index (χ1n) is 6.33. The summed E-state index contributed by atoms with van der Waals surface area (Å²) in [7, 11) is 0. The van der Waals surface area contributed by atoms with E-state index in [0.29, 0.717) is 11.4 Å². The van der Waals surface area contributed by atoms with E-state index in [-0.39, 0.29) is 11.2 Å². The quantitative estimate of drug-likeness (QED) is 0.412. The van der Waals surface area contributed by atoms with E-state index in [4.69, 9.17) is 11.6 Å². The SMILES string of the molecule is Fc1ccc(Cl)c(CC(CBr)(CBr)c2cccc(Br)c2)c1. The molecule has 0 heterocycles. The van der Waals surface area contributed by atoms with Crippen molar-refractivity contribution in [3.63, 3.8) is 0 Å². The summed E-state index contributed by atoms with van der Waals surface area (Å²) in [5.41, 5.74) is 1.79. The second kappa shape index (κ2) is 7.58. The topological polar surface area (TPSA) is 0 Å². The third kappa shape index (κ3) is 4.10. The summed E-state index contributed by atoms with van der Waals surface area (Å²) in [5, 5.41) is 2.08. The van der Waals surface area contributed by atoms with Crippen molar-refractivity contribution in [3.8, 4) is 0 Å². The zero-order valence-corrected chi connectivity index (χ0v) is 16.6. The zero-order chi connectivity index (χ0) is 15.5. The van der Waals surface area contributed by atoms with Gasteiger partial charge in [0.05, 0.1) is 0 Å². The van der Waals surface area contributed by atoms with Crippen LogP contribution < -0.4 is 0 Å². The Morgan fingerprint density at radius 1 is 1.05 bits per heavy atom. The van der Waals surface area contributed by atoms with Crippen molar-refractivity contribution < 1.29 is 4.39 Å². The maximum absolute atomic E-state index is 13.5. The van der Waals surface area contributed by atoms with Gasteiger partial charge in [-0.15, -0.1) is 0 Å². The highest BCUT2D eigenvalue weighted by Crippen LogP contribution is 2.36. The normalized spacial score (nSPS) is 11.7. The van der Waals surface area contributed by atoms with E-state index >= 15 is 0 Å². The van der Waals surface area contributed by atoms with Crippen LogP contribution in [0, 0.1) is 5.82 Å². The molecule has 0 bridgehead atoms. The van der Waals surface area contributed by atoms with Crippen LogP contribution >= 0.6 is 59.4 Å². The van der Waals surface area contributed by atoms with E-state index in [2.05, 4.69) is 59.9 Å². The highest BCUT2D eigenvalue weighted by molar-refractivity contribution is 9.10. The van der Waals surface area contributed by atoms with Crippen molar-refractivity contribution in [1.29, 1.82) is 0 Å². The van der Waals surface area contributed by atoms with E-state index in [0.717, 1.165) is 20.7 Å². The van der Waals surface area contributed by atoms with Crippen LogP contribution in [0.3, 0.4) is 0 Å². The Labute approximate surface area is 154 Å². The second-order valence-corrected chi connectivity index (χ2v) is 7.41. The predicted molar refractivity (Wildman–Crippen MR) is 98.5 cm³/mol. The Bertz CT molecular complexity index is 627. The summed E-state index contributed by atoms with van der Waals surface area (Å²) in [5.74, 6) is -0.262. The molecular weight excluding hydrogens is 486 g/mol. The van der Waals surface area contributed by atoms with Crippen LogP contribution in [0.15, 0.2) is 46.9 Å². The molecule has 0 aliphatic rings. The zero-order valence-electron chi connectivity index (χ0n) is 11.1. The number of rotatable bonds is 5.